The lowest BCUT2D eigenvalue weighted by Gasteiger charge is -2.23. The number of hydrogen-bond acceptors (Lipinski definition) is 7. The van der Waals surface area contributed by atoms with Crippen molar-refractivity contribution >= 4 is 12.3 Å². The van der Waals surface area contributed by atoms with E-state index in [4.69, 9.17) is 5.11 Å². The Morgan fingerprint density at radius 1 is 1.22 bits per heavy atom. The van der Waals surface area contributed by atoms with Gasteiger partial charge >= 0.3 is 5.97 Å². The van der Waals surface area contributed by atoms with Gasteiger partial charge in [0.1, 0.15) is 31.0 Å². The largest absolute Gasteiger partial charge is 0.459 e. The van der Waals surface area contributed by atoms with Crippen molar-refractivity contribution in [1.82, 2.24) is 0 Å². The highest BCUT2D eigenvalue weighted by Gasteiger charge is 2.30. The molecule has 0 spiro atoms. The number of allylic oxidation sites excluding steroid dienone is 1. The smallest absolute Gasteiger partial charge is 0.333 e. The fourth-order valence-corrected chi connectivity index (χ4v) is 1.00. The maximum absolute atomic E-state index is 11.2. The maximum atomic E-state index is 11.2. The molecule has 0 rings (SSSR count). The van der Waals surface area contributed by atoms with Crippen LogP contribution in [0.3, 0.4) is 0 Å². The van der Waals surface area contributed by atoms with Gasteiger partial charge in [-0.3, -0.25) is 0 Å². The first-order valence-corrected chi connectivity index (χ1v) is 5.32. The summed E-state index contributed by atoms with van der Waals surface area (Å²) in [7, 11) is 0. The summed E-state index contributed by atoms with van der Waals surface area (Å²) in [6.07, 6.45) is -5.54. The Balaban J connectivity index is 4.28. The highest BCUT2D eigenvalue weighted by Crippen LogP contribution is 2.06. The zero-order chi connectivity index (χ0) is 14.3. The summed E-state index contributed by atoms with van der Waals surface area (Å²) in [6, 6.07) is 0. The Morgan fingerprint density at radius 3 is 2.22 bits per heavy atom. The van der Waals surface area contributed by atoms with Gasteiger partial charge < -0.3 is 30.0 Å². The highest BCUT2D eigenvalue weighted by molar-refractivity contribution is 5.87. The predicted molar refractivity (Wildman–Crippen MR) is 60.5 cm³/mol. The van der Waals surface area contributed by atoms with Crippen LogP contribution in [-0.4, -0.2) is 63.7 Å². The van der Waals surface area contributed by atoms with Crippen molar-refractivity contribution in [3.63, 3.8) is 0 Å². The standard InChI is InChI=1S/C11H18O7/c1-3-6(2)11(17)18-5-8(14)10(16)9(15)7(13)4-12/h3-4,7-10,13-16H,5H2,1-2H3/t7-,8+,9+,10+/m0/s1. The number of aldehydes is 1. The van der Waals surface area contributed by atoms with Gasteiger partial charge in [0.05, 0.1) is 0 Å². The van der Waals surface area contributed by atoms with E-state index in [9.17, 15) is 24.9 Å². The van der Waals surface area contributed by atoms with E-state index in [1.807, 2.05) is 0 Å². The third kappa shape index (κ3) is 4.92. The highest BCUT2D eigenvalue weighted by atomic mass is 16.5. The number of ether oxygens (including phenoxy) is 1. The average Bonchev–Trinajstić information content (AvgIpc) is 2.40. The minimum absolute atomic E-state index is 0.0244. The predicted octanol–water partition coefficient (Wildman–Crippen LogP) is -1.86. The first-order valence-electron chi connectivity index (χ1n) is 5.32. The quantitative estimate of drug-likeness (QED) is 0.241. The molecule has 0 saturated carbocycles. The minimum Gasteiger partial charge on any atom is -0.459 e. The Kier molecular flexibility index (Phi) is 7.37. The molecule has 4 N–H and O–H groups in total. The van der Waals surface area contributed by atoms with Gasteiger partial charge in [0.25, 0.3) is 0 Å². The Morgan fingerprint density at radius 2 is 1.78 bits per heavy atom. The molecule has 0 bridgehead atoms. The number of aliphatic hydroxyl groups is 4. The van der Waals surface area contributed by atoms with Crippen LogP contribution in [0.15, 0.2) is 11.6 Å². The molecule has 0 aliphatic rings. The summed E-state index contributed by atoms with van der Waals surface area (Å²) < 4.78 is 4.64. The molecular weight excluding hydrogens is 244 g/mol. The van der Waals surface area contributed by atoms with E-state index in [1.54, 1.807) is 6.92 Å². The average molecular weight is 262 g/mol. The van der Waals surface area contributed by atoms with Gasteiger partial charge in [-0.2, -0.15) is 0 Å². The van der Waals surface area contributed by atoms with Crippen LogP contribution in [0.2, 0.25) is 0 Å². The van der Waals surface area contributed by atoms with Gasteiger partial charge in [-0.25, -0.2) is 4.79 Å². The number of hydrogen-bond donors (Lipinski definition) is 4. The molecule has 0 aromatic rings. The van der Waals surface area contributed by atoms with Crippen molar-refractivity contribution in [3.8, 4) is 0 Å². The lowest BCUT2D eigenvalue weighted by Crippen LogP contribution is -2.46. The number of carbonyl (C=O) groups excluding carboxylic acids is 2. The van der Waals surface area contributed by atoms with E-state index in [2.05, 4.69) is 4.74 Å². The van der Waals surface area contributed by atoms with Crippen LogP contribution in [0.4, 0.5) is 0 Å². The zero-order valence-electron chi connectivity index (χ0n) is 10.2. The fourth-order valence-electron chi connectivity index (χ4n) is 1.00. The molecule has 0 aromatic carbocycles. The molecule has 0 heterocycles. The molecule has 0 aliphatic carbocycles. The van der Waals surface area contributed by atoms with Crippen LogP contribution in [0.25, 0.3) is 0 Å². The van der Waals surface area contributed by atoms with Crippen molar-refractivity contribution in [2.45, 2.75) is 38.3 Å². The lowest BCUT2D eigenvalue weighted by atomic mass is 10.0. The van der Waals surface area contributed by atoms with Crippen molar-refractivity contribution < 1.29 is 34.8 Å². The summed E-state index contributed by atoms with van der Waals surface area (Å²) in [5.41, 5.74) is 0.324. The van der Waals surface area contributed by atoms with Crippen LogP contribution in [0.1, 0.15) is 13.8 Å². The number of rotatable bonds is 7. The van der Waals surface area contributed by atoms with Crippen molar-refractivity contribution in [2.24, 2.45) is 0 Å². The zero-order valence-corrected chi connectivity index (χ0v) is 10.2. The molecule has 0 aliphatic heterocycles. The number of aliphatic hydroxyl groups excluding tert-OH is 4. The first kappa shape index (κ1) is 16.7. The van der Waals surface area contributed by atoms with Crippen LogP contribution < -0.4 is 0 Å². The summed E-state index contributed by atoms with van der Waals surface area (Å²) in [5.74, 6) is -0.672. The van der Waals surface area contributed by atoms with E-state index in [-0.39, 0.29) is 6.29 Å². The third-order valence-corrected chi connectivity index (χ3v) is 2.37. The first-order chi connectivity index (χ1) is 8.34. The second-order valence-corrected chi connectivity index (χ2v) is 3.75. The Hall–Kier alpha value is -1.28. The van der Waals surface area contributed by atoms with Gasteiger partial charge in [0.2, 0.25) is 0 Å². The van der Waals surface area contributed by atoms with Crippen molar-refractivity contribution in [3.05, 3.63) is 11.6 Å². The van der Waals surface area contributed by atoms with Gasteiger partial charge in [-0.05, 0) is 13.8 Å². The molecule has 4 atom stereocenters. The molecule has 18 heavy (non-hydrogen) atoms. The van der Waals surface area contributed by atoms with Gasteiger partial charge in [-0.1, -0.05) is 6.08 Å². The Labute approximate surface area is 104 Å². The molecule has 7 nitrogen and oxygen atoms in total. The lowest BCUT2D eigenvalue weighted by molar-refractivity contribution is -0.152. The molecule has 0 saturated heterocycles. The molecule has 0 radical (unpaired) electrons. The topological polar surface area (TPSA) is 124 Å². The van der Waals surface area contributed by atoms with E-state index >= 15 is 0 Å². The fraction of sp³-hybridized carbons (Fsp3) is 0.636. The van der Waals surface area contributed by atoms with Crippen molar-refractivity contribution in [2.75, 3.05) is 6.61 Å². The molecule has 104 valence electrons. The van der Waals surface area contributed by atoms with Crippen LogP contribution >= 0.6 is 0 Å². The van der Waals surface area contributed by atoms with Crippen LogP contribution in [-0.2, 0) is 14.3 Å². The van der Waals surface area contributed by atoms with E-state index in [0.29, 0.717) is 5.57 Å². The second kappa shape index (κ2) is 7.93. The Bertz CT molecular complexity index is 313. The normalized spacial score (nSPS) is 18.7. The second-order valence-electron chi connectivity index (χ2n) is 3.75. The SMILES string of the molecule is CC=C(C)C(=O)OC[C@@H](O)[C@@H](O)[C@H](O)[C@@H](O)C=O. The summed E-state index contributed by atoms with van der Waals surface area (Å²) >= 11 is 0. The van der Waals surface area contributed by atoms with E-state index in [1.165, 1.54) is 13.0 Å². The summed E-state index contributed by atoms with van der Waals surface area (Å²) in [4.78, 5) is 21.4. The van der Waals surface area contributed by atoms with E-state index in [0.717, 1.165) is 0 Å². The van der Waals surface area contributed by atoms with Gasteiger partial charge in [0.15, 0.2) is 6.29 Å². The molecular formula is C11H18O7. The van der Waals surface area contributed by atoms with Crippen LogP contribution in [0.5, 0.6) is 0 Å². The molecule has 0 unspecified atom stereocenters. The minimum atomic E-state index is -1.85. The van der Waals surface area contributed by atoms with Crippen LogP contribution in [0, 0.1) is 0 Å². The summed E-state index contributed by atoms with van der Waals surface area (Å²) in [5, 5.41) is 37.0. The number of carbonyl (C=O) groups is 2. The summed E-state index contributed by atoms with van der Waals surface area (Å²) in [6.45, 7) is 2.58. The van der Waals surface area contributed by atoms with E-state index < -0.39 is 37.0 Å². The third-order valence-electron chi connectivity index (χ3n) is 2.37. The molecule has 0 fully saturated rings. The molecule has 0 aromatic heterocycles. The molecule has 7 heteroatoms. The monoisotopic (exact) mass is 262 g/mol. The van der Waals surface area contributed by atoms with Crippen molar-refractivity contribution in [1.29, 1.82) is 0 Å². The maximum Gasteiger partial charge on any atom is 0.333 e. The van der Waals surface area contributed by atoms with Gasteiger partial charge in [0, 0.05) is 5.57 Å². The van der Waals surface area contributed by atoms with Gasteiger partial charge in [-0.15, -0.1) is 0 Å². The number of esters is 1. The molecule has 0 amide bonds.